The largest absolute Gasteiger partial charge is 0.395 e. The van der Waals surface area contributed by atoms with Crippen LogP contribution in [0.2, 0.25) is 0 Å². The van der Waals surface area contributed by atoms with Crippen LogP contribution in [-0.4, -0.2) is 35.4 Å². The summed E-state index contributed by atoms with van der Waals surface area (Å²) >= 11 is 1.79. The fraction of sp³-hybridized carbons (Fsp3) is 1.00. The lowest BCUT2D eigenvalue weighted by molar-refractivity contribution is 0.0709. The summed E-state index contributed by atoms with van der Waals surface area (Å²) in [4.78, 5) is 0. The standard InChI is InChI=1S/C9H20O2S/c1-4-5-12-9(6-10)7-11-8(2)3/h8-10H,4-7H2,1-3H3. The maximum absolute atomic E-state index is 8.96. The number of hydrogen-bond acceptors (Lipinski definition) is 3. The van der Waals surface area contributed by atoms with E-state index in [2.05, 4.69) is 6.92 Å². The van der Waals surface area contributed by atoms with E-state index < -0.39 is 0 Å². The molecule has 0 bridgehead atoms. The lowest BCUT2D eigenvalue weighted by atomic mass is 10.4. The second-order valence-corrected chi connectivity index (χ2v) is 4.47. The van der Waals surface area contributed by atoms with Gasteiger partial charge in [-0.3, -0.25) is 0 Å². The average Bonchev–Trinajstić information content (AvgIpc) is 2.05. The van der Waals surface area contributed by atoms with Crippen LogP contribution in [0.15, 0.2) is 0 Å². The van der Waals surface area contributed by atoms with Crippen LogP contribution >= 0.6 is 11.8 Å². The molecule has 1 N–H and O–H groups in total. The predicted octanol–water partition coefficient (Wildman–Crippen LogP) is 1.92. The maximum atomic E-state index is 8.96. The summed E-state index contributed by atoms with van der Waals surface area (Å²) in [5, 5.41) is 9.22. The van der Waals surface area contributed by atoms with Crippen LogP contribution in [0.5, 0.6) is 0 Å². The zero-order valence-corrected chi connectivity index (χ0v) is 9.06. The first kappa shape index (κ1) is 12.3. The number of aliphatic hydroxyl groups excluding tert-OH is 1. The highest BCUT2D eigenvalue weighted by atomic mass is 32.2. The molecule has 0 saturated carbocycles. The number of aliphatic hydroxyl groups is 1. The van der Waals surface area contributed by atoms with Crippen LogP contribution in [0.4, 0.5) is 0 Å². The van der Waals surface area contributed by atoms with Gasteiger partial charge in [0.1, 0.15) is 0 Å². The first-order valence-corrected chi connectivity index (χ1v) is 5.59. The van der Waals surface area contributed by atoms with E-state index in [1.165, 1.54) is 0 Å². The summed E-state index contributed by atoms with van der Waals surface area (Å²) in [5.41, 5.74) is 0. The summed E-state index contributed by atoms with van der Waals surface area (Å²) < 4.78 is 5.41. The molecule has 0 saturated heterocycles. The van der Waals surface area contributed by atoms with Crippen molar-refractivity contribution in [1.82, 2.24) is 0 Å². The van der Waals surface area contributed by atoms with E-state index in [0.717, 1.165) is 12.2 Å². The molecule has 2 nitrogen and oxygen atoms in total. The van der Waals surface area contributed by atoms with Gasteiger partial charge in [0.2, 0.25) is 0 Å². The Morgan fingerprint density at radius 3 is 2.50 bits per heavy atom. The topological polar surface area (TPSA) is 29.5 Å². The highest BCUT2D eigenvalue weighted by molar-refractivity contribution is 7.99. The minimum atomic E-state index is 0.220. The molecule has 1 unspecified atom stereocenters. The second-order valence-electron chi connectivity index (χ2n) is 3.06. The summed E-state index contributed by atoms with van der Waals surface area (Å²) in [5.74, 6) is 1.10. The quantitative estimate of drug-likeness (QED) is 0.668. The van der Waals surface area contributed by atoms with Gasteiger partial charge in [-0.05, 0) is 26.0 Å². The van der Waals surface area contributed by atoms with E-state index in [1.54, 1.807) is 11.8 Å². The highest BCUT2D eigenvalue weighted by Gasteiger charge is 2.07. The van der Waals surface area contributed by atoms with Crippen molar-refractivity contribution in [3.63, 3.8) is 0 Å². The molecule has 0 fully saturated rings. The monoisotopic (exact) mass is 192 g/mol. The van der Waals surface area contributed by atoms with Crippen molar-refractivity contribution >= 4 is 11.8 Å². The van der Waals surface area contributed by atoms with Gasteiger partial charge in [0.05, 0.1) is 24.6 Å². The Bertz CT molecular complexity index is 96.5. The molecular formula is C9H20O2S. The average molecular weight is 192 g/mol. The van der Waals surface area contributed by atoms with Crippen molar-refractivity contribution in [2.24, 2.45) is 0 Å². The SMILES string of the molecule is CCCSC(CO)COC(C)C. The Labute approximate surface area is 79.7 Å². The van der Waals surface area contributed by atoms with Gasteiger partial charge < -0.3 is 9.84 Å². The minimum absolute atomic E-state index is 0.220. The molecule has 0 aromatic carbocycles. The van der Waals surface area contributed by atoms with Crippen molar-refractivity contribution in [3.8, 4) is 0 Å². The van der Waals surface area contributed by atoms with E-state index in [1.807, 2.05) is 13.8 Å². The third kappa shape index (κ3) is 6.95. The first-order chi connectivity index (χ1) is 5.70. The van der Waals surface area contributed by atoms with Crippen molar-refractivity contribution in [3.05, 3.63) is 0 Å². The van der Waals surface area contributed by atoms with Gasteiger partial charge in [-0.15, -0.1) is 0 Å². The van der Waals surface area contributed by atoms with E-state index in [-0.39, 0.29) is 18.0 Å². The molecule has 3 heteroatoms. The smallest absolute Gasteiger partial charge is 0.0610 e. The van der Waals surface area contributed by atoms with Crippen LogP contribution in [0.1, 0.15) is 27.2 Å². The van der Waals surface area contributed by atoms with Crippen molar-refractivity contribution < 1.29 is 9.84 Å². The number of rotatable bonds is 7. The van der Waals surface area contributed by atoms with Gasteiger partial charge in [0.15, 0.2) is 0 Å². The fourth-order valence-electron chi connectivity index (χ4n) is 0.738. The van der Waals surface area contributed by atoms with Crippen LogP contribution < -0.4 is 0 Å². The summed E-state index contributed by atoms with van der Waals surface area (Å²) in [6.07, 6.45) is 1.42. The highest BCUT2D eigenvalue weighted by Crippen LogP contribution is 2.12. The molecule has 0 aliphatic heterocycles. The second kappa shape index (κ2) is 7.90. The Hall–Kier alpha value is 0.270. The predicted molar refractivity (Wildman–Crippen MR) is 54.7 cm³/mol. The zero-order valence-electron chi connectivity index (χ0n) is 8.25. The van der Waals surface area contributed by atoms with Crippen LogP contribution in [0.25, 0.3) is 0 Å². The molecule has 0 amide bonds. The van der Waals surface area contributed by atoms with Crippen LogP contribution in [0.3, 0.4) is 0 Å². The minimum Gasteiger partial charge on any atom is -0.395 e. The molecule has 12 heavy (non-hydrogen) atoms. The Kier molecular flexibility index (Phi) is 8.07. The van der Waals surface area contributed by atoms with Crippen LogP contribution in [0, 0.1) is 0 Å². The first-order valence-electron chi connectivity index (χ1n) is 4.54. The molecule has 1 atom stereocenters. The summed E-state index contributed by atoms with van der Waals surface area (Å²) in [7, 11) is 0. The molecular weight excluding hydrogens is 172 g/mol. The Morgan fingerprint density at radius 1 is 1.42 bits per heavy atom. The number of hydrogen-bond donors (Lipinski definition) is 1. The Balaban J connectivity index is 3.39. The van der Waals surface area contributed by atoms with Crippen LogP contribution in [-0.2, 0) is 4.74 Å². The van der Waals surface area contributed by atoms with Gasteiger partial charge in [-0.25, -0.2) is 0 Å². The molecule has 74 valence electrons. The lowest BCUT2D eigenvalue weighted by Crippen LogP contribution is -2.19. The maximum Gasteiger partial charge on any atom is 0.0610 e. The van der Waals surface area contributed by atoms with Crippen molar-refractivity contribution in [2.75, 3.05) is 19.0 Å². The zero-order chi connectivity index (χ0) is 9.40. The van der Waals surface area contributed by atoms with Gasteiger partial charge in [0.25, 0.3) is 0 Å². The summed E-state index contributed by atoms with van der Waals surface area (Å²) in [6.45, 7) is 7.05. The summed E-state index contributed by atoms with van der Waals surface area (Å²) in [6, 6.07) is 0. The van der Waals surface area contributed by atoms with Gasteiger partial charge in [-0.1, -0.05) is 6.92 Å². The van der Waals surface area contributed by atoms with Gasteiger partial charge in [0, 0.05) is 0 Å². The fourth-order valence-corrected chi connectivity index (χ4v) is 1.59. The molecule has 0 aliphatic rings. The van der Waals surface area contributed by atoms with E-state index >= 15 is 0 Å². The van der Waals surface area contributed by atoms with E-state index in [0.29, 0.717) is 6.61 Å². The Morgan fingerprint density at radius 2 is 2.08 bits per heavy atom. The van der Waals surface area contributed by atoms with Crippen molar-refractivity contribution in [2.45, 2.75) is 38.5 Å². The third-order valence-electron chi connectivity index (χ3n) is 1.38. The number of thioether (sulfide) groups is 1. The molecule has 0 radical (unpaired) electrons. The molecule has 0 aliphatic carbocycles. The third-order valence-corrected chi connectivity index (χ3v) is 2.78. The van der Waals surface area contributed by atoms with E-state index in [4.69, 9.17) is 9.84 Å². The lowest BCUT2D eigenvalue weighted by Gasteiger charge is -2.15. The van der Waals surface area contributed by atoms with Gasteiger partial charge in [-0.2, -0.15) is 11.8 Å². The molecule has 0 heterocycles. The van der Waals surface area contributed by atoms with E-state index in [9.17, 15) is 0 Å². The van der Waals surface area contributed by atoms with Crippen molar-refractivity contribution in [1.29, 1.82) is 0 Å². The molecule has 0 aromatic rings. The molecule has 0 spiro atoms. The van der Waals surface area contributed by atoms with Gasteiger partial charge >= 0.3 is 0 Å². The molecule has 0 aromatic heterocycles. The molecule has 0 rings (SSSR count). The number of ether oxygens (including phenoxy) is 1. The normalized spacial score (nSPS) is 13.8.